The number of carbonyl (C=O) groups is 1. The molecule has 10 heteroatoms. The van der Waals surface area contributed by atoms with Crippen molar-refractivity contribution in [3.8, 4) is 17.2 Å². The number of ether oxygens (including phenoxy) is 3. The zero-order valence-electron chi connectivity index (χ0n) is 19.9. The Morgan fingerprint density at radius 2 is 1.97 bits per heavy atom. The maximum Gasteiger partial charge on any atom is 0.283 e. The highest BCUT2D eigenvalue weighted by Gasteiger charge is 2.35. The molecule has 0 aliphatic carbocycles. The van der Waals surface area contributed by atoms with E-state index in [1.54, 1.807) is 25.3 Å². The summed E-state index contributed by atoms with van der Waals surface area (Å²) in [6.07, 6.45) is 4.87. The second-order valence-corrected chi connectivity index (χ2v) is 9.59. The molecule has 0 fully saturated rings. The van der Waals surface area contributed by atoms with Crippen molar-refractivity contribution < 1.29 is 19.0 Å². The smallest absolute Gasteiger partial charge is 0.283 e. The highest BCUT2D eigenvalue weighted by Crippen LogP contribution is 2.38. The second kappa shape index (κ2) is 11.6. The number of rotatable bonds is 10. The van der Waals surface area contributed by atoms with Crippen LogP contribution in [-0.4, -0.2) is 47.3 Å². The van der Waals surface area contributed by atoms with Gasteiger partial charge in [-0.2, -0.15) is 15.1 Å². The zero-order chi connectivity index (χ0) is 25.7. The number of para-hydroxylation sites is 1. The maximum absolute atomic E-state index is 12.6. The van der Waals surface area contributed by atoms with E-state index in [9.17, 15) is 4.79 Å². The van der Waals surface area contributed by atoms with Gasteiger partial charge in [0.25, 0.3) is 5.91 Å². The summed E-state index contributed by atoms with van der Waals surface area (Å²) in [5, 5.41) is 15.5. The Morgan fingerprint density at radius 3 is 2.72 bits per heavy atom. The summed E-state index contributed by atoms with van der Waals surface area (Å²) in [4.78, 5) is 16.7. The highest BCUT2D eigenvalue weighted by atomic mass is 79.9. The van der Waals surface area contributed by atoms with Crippen molar-refractivity contribution in [1.82, 2.24) is 5.01 Å². The average molecular weight is 569 g/mol. The molecule has 4 rings (SSSR count). The number of fused-ring (bicyclic) bond motifs is 1. The minimum Gasteiger partial charge on any atom is -0.493 e. The molecule has 0 aromatic heterocycles. The second-order valence-electron chi connectivity index (χ2n) is 7.70. The number of aliphatic imine (C=N–C) groups is 1. The van der Waals surface area contributed by atoms with Crippen LogP contribution >= 0.6 is 27.7 Å². The Hall–Kier alpha value is -3.37. The number of thioether (sulfide) groups is 1. The lowest BCUT2D eigenvalue weighted by Gasteiger charge is -2.20. The van der Waals surface area contributed by atoms with Crippen LogP contribution in [0, 0.1) is 5.41 Å². The number of benzene rings is 2. The Balaban J connectivity index is 1.48. The molecule has 0 saturated carbocycles. The number of hydrazone groups is 1. The number of allylic oxidation sites excluding steroid dienone is 1. The van der Waals surface area contributed by atoms with Crippen LogP contribution in [0.3, 0.4) is 0 Å². The number of nitrogens with zero attached hydrogens (tertiary/aromatic N) is 3. The minimum absolute atomic E-state index is 0.00903. The van der Waals surface area contributed by atoms with Gasteiger partial charge in [0, 0.05) is 0 Å². The molecule has 0 radical (unpaired) electrons. The molecule has 2 aliphatic heterocycles. The molecule has 2 aromatic carbocycles. The monoisotopic (exact) mass is 568 g/mol. The molecule has 36 heavy (non-hydrogen) atoms. The van der Waals surface area contributed by atoms with Crippen LogP contribution in [0.15, 0.2) is 69.2 Å². The summed E-state index contributed by atoms with van der Waals surface area (Å²) in [5.41, 5.74) is 1.86. The molecule has 0 spiro atoms. The summed E-state index contributed by atoms with van der Waals surface area (Å²) < 4.78 is 18.0. The Bertz CT molecular complexity index is 1300. The Morgan fingerprint density at radius 1 is 1.19 bits per heavy atom. The predicted octanol–water partition coefficient (Wildman–Crippen LogP) is 5.67. The van der Waals surface area contributed by atoms with Crippen molar-refractivity contribution in [1.29, 1.82) is 5.41 Å². The highest BCUT2D eigenvalue weighted by molar-refractivity contribution is 9.10. The van der Waals surface area contributed by atoms with Crippen LogP contribution in [0.2, 0.25) is 0 Å². The van der Waals surface area contributed by atoms with E-state index in [-0.39, 0.29) is 11.4 Å². The minimum atomic E-state index is -0.476. The van der Waals surface area contributed by atoms with Crippen LogP contribution in [0.5, 0.6) is 17.2 Å². The number of carbonyl (C=O) groups excluding carboxylic acids is 1. The van der Waals surface area contributed by atoms with Crippen LogP contribution in [0.25, 0.3) is 6.08 Å². The lowest BCUT2D eigenvalue weighted by Crippen LogP contribution is -2.35. The lowest BCUT2D eigenvalue weighted by molar-refractivity contribution is -0.114. The predicted molar refractivity (Wildman–Crippen MR) is 147 cm³/mol. The van der Waals surface area contributed by atoms with Crippen molar-refractivity contribution in [3.05, 3.63) is 70.2 Å². The number of methoxy groups -OCH3 is 1. The van der Waals surface area contributed by atoms with Gasteiger partial charge in [-0.3, -0.25) is 10.2 Å². The van der Waals surface area contributed by atoms with E-state index < -0.39 is 5.91 Å². The largest absolute Gasteiger partial charge is 0.493 e. The molecule has 0 unspecified atom stereocenters. The van der Waals surface area contributed by atoms with Gasteiger partial charge in [-0.25, -0.2) is 0 Å². The summed E-state index contributed by atoms with van der Waals surface area (Å²) in [5.74, 6) is 1.30. The fourth-order valence-electron chi connectivity index (χ4n) is 3.57. The van der Waals surface area contributed by atoms with Crippen molar-refractivity contribution in [3.63, 3.8) is 0 Å². The van der Waals surface area contributed by atoms with E-state index in [1.807, 2.05) is 37.3 Å². The molecule has 1 N–H and O–H groups in total. The number of amidine groups is 2. The number of amides is 1. The van der Waals surface area contributed by atoms with Gasteiger partial charge in [0.05, 0.1) is 17.2 Å². The Kier molecular flexibility index (Phi) is 8.27. The fourth-order valence-corrected chi connectivity index (χ4v) is 4.97. The van der Waals surface area contributed by atoms with Crippen molar-refractivity contribution >= 4 is 55.7 Å². The van der Waals surface area contributed by atoms with Gasteiger partial charge in [-0.05, 0) is 75.9 Å². The third-order valence-electron chi connectivity index (χ3n) is 5.29. The van der Waals surface area contributed by atoms with E-state index in [0.717, 1.165) is 22.8 Å². The fraction of sp³-hybridized carbons (Fsp3) is 0.231. The van der Waals surface area contributed by atoms with Crippen LogP contribution in [0.4, 0.5) is 0 Å². The summed E-state index contributed by atoms with van der Waals surface area (Å²) >= 11 is 4.85. The molecule has 186 valence electrons. The van der Waals surface area contributed by atoms with Crippen LogP contribution in [0.1, 0.15) is 24.5 Å². The van der Waals surface area contributed by atoms with Crippen molar-refractivity contribution in [2.75, 3.05) is 20.3 Å². The zero-order valence-corrected chi connectivity index (χ0v) is 22.3. The topological polar surface area (TPSA) is 96.6 Å². The number of nitrogens with one attached hydrogen (secondary N) is 1. The first-order valence-corrected chi connectivity index (χ1v) is 12.9. The SMILES string of the molecule is C=CCc1ccccc1OCCOc1c(Br)cc(/C=C2\C(=N)N3N=C(CC)SC3=NC2=O)cc1OC. The van der Waals surface area contributed by atoms with Gasteiger partial charge >= 0.3 is 0 Å². The summed E-state index contributed by atoms with van der Waals surface area (Å²) in [6, 6.07) is 11.4. The maximum atomic E-state index is 12.6. The number of hydrogen-bond donors (Lipinski definition) is 1. The molecular weight excluding hydrogens is 544 g/mol. The average Bonchev–Trinajstić information content (AvgIpc) is 3.29. The van der Waals surface area contributed by atoms with Gasteiger partial charge in [0.15, 0.2) is 17.3 Å². The first-order valence-electron chi connectivity index (χ1n) is 11.3. The molecule has 0 atom stereocenters. The van der Waals surface area contributed by atoms with E-state index in [2.05, 4.69) is 32.6 Å². The molecule has 2 aliphatic rings. The van der Waals surface area contributed by atoms with Crippen molar-refractivity contribution in [2.45, 2.75) is 19.8 Å². The van der Waals surface area contributed by atoms with Gasteiger partial charge < -0.3 is 14.2 Å². The van der Waals surface area contributed by atoms with Crippen molar-refractivity contribution in [2.24, 2.45) is 10.1 Å². The molecular formula is C26H25BrN4O4S. The third kappa shape index (κ3) is 5.55. The standard InChI is InChI=1S/C26H25BrN4O4S/c1-4-8-17-9-6-7-10-20(17)34-11-12-35-23-19(27)14-16(15-21(23)33-3)13-18-24(28)31-26(29-25(18)32)36-22(5-2)30-31/h4,6-7,9-10,13-15,28H,1,5,8,11-12H2,2-3H3/b18-13+,28-24?. The van der Waals surface area contributed by atoms with Gasteiger partial charge in [-0.15, -0.1) is 6.58 Å². The molecule has 0 saturated heterocycles. The third-order valence-corrected chi connectivity index (χ3v) is 6.93. The molecule has 1 amide bonds. The lowest BCUT2D eigenvalue weighted by atomic mass is 10.1. The molecule has 0 bridgehead atoms. The van der Waals surface area contributed by atoms with Gasteiger partial charge in [0.2, 0.25) is 5.17 Å². The van der Waals surface area contributed by atoms with E-state index in [4.69, 9.17) is 19.6 Å². The van der Waals surface area contributed by atoms with Crippen LogP contribution < -0.4 is 14.2 Å². The molecule has 8 nitrogen and oxygen atoms in total. The van der Waals surface area contributed by atoms with Gasteiger partial charge in [-0.1, -0.05) is 31.2 Å². The summed E-state index contributed by atoms with van der Waals surface area (Å²) in [7, 11) is 1.54. The van der Waals surface area contributed by atoms with E-state index in [0.29, 0.717) is 46.3 Å². The number of halogens is 1. The quantitative estimate of drug-likeness (QED) is 0.225. The Labute approximate surface area is 222 Å². The number of hydrogen-bond acceptors (Lipinski definition) is 7. The first kappa shape index (κ1) is 25.7. The van der Waals surface area contributed by atoms with E-state index >= 15 is 0 Å². The van der Waals surface area contributed by atoms with Gasteiger partial charge in [0.1, 0.15) is 24.0 Å². The summed E-state index contributed by atoms with van der Waals surface area (Å²) in [6.45, 7) is 6.39. The van der Waals surface area contributed by atoms with E-state index in [1.165, 1.54) is 16.8 Å². The molecule has 2 heterocycles. The van der Waals surface area contributed by atoms with Crippen LogP contribution in [-0.2, 0) is 11.2 Å². The normalized spacial score (nSPS) is 16.0. The first-order chi connectivity index (χ1) is 17.4. The molecule has 2 aromatic rings.